The lowest BCUT2D eigenvalue weighted by atomic mass is 9.86. The maximum absolute atomic E-state index is 14.6. The van der Waals surface area contributed by atoms with Crippen molar-refractivity contribution in [1.82, 2.24) is 25.3 Å². The zero-order valence-corrected chi connectivity index (χ0v) is 20.0. The number of hydrogen-bond donors (Lipinski definition) is 3. The lowest BCUT2D eigenvalue weighted by molar-refractivity contribution is -0.125. The summed E-state index contributed by atoms with van der Waals surface area (Å²) in [6.45, 7) is 6.16. The van der Waals surface area contributed by atoms with Gasteiger partial charge in [-0.15, -0.1) is 0 Å². The fraction of sp³-hybridized carbons (Fsp3) is 0.478. The molecule has 1 atom stereocenters. The molecule has 12 heteroatoms. The molecule has 1 aliphatic heterocycles. The number of fused-ring (bicyclic) bond motifs is 1. The first-order valence-corrected chi connectivity index (χ1v) is 11.1. The van der Waals surface area contributed by atoms with E-state index in [1.54, 1.807) is 20.8 Å². The Morgan fingerprint density at radius 3 is 2.43 bits per heavy atom. The van der Waals surface area contributed by atoms with E-state index in [2.05, 4.69) is 15.7 Å². The number of aromatic nitrogens is 2. The number of hydrogen-bond acceptors (Lipinski definition) is 5. The number of benzene rings is 1. The molecule has 190 valence electrons. The second-order valence-electron chi connectivity index (χ2n) is 9.68. The van der Waals surface area contributed by atoms with Gasteiger partial charge in [0.1, 0.15) is 17.6 Å². The molecule has 1 aromatic carbocycles. The van der Waals surface area contributed by atoms with Gasteiger partial charge in [0.05, 0.1) is 5.69 Å². The molecule has 9 nitrogen and oxygen atoms in total. The van der Waals surface area contributed by atoms with Gasteiger partial charge in [0, 0.05) is 49.7 Å². The van der Waals surface area contributed by atoms with Crippen molar-refractivity contribution in [3.63, 3.8) is 0 Å². The summed E-state index contributed by atoms with van der Waals surface area (Å²) in [4.78, 5) is 39.0. The van der Waals surface area contributed by atoms with Crippen molar-refractivity contribution in [2.45, 2.75) is 46.2 Å². The fourth-order valence-corrected chi connectivity index (χ4v) is 3.91. The summed E-state index contributed by atoms with van der Waals surface area (Å²) < 4.78 is 43.1. The van der Waals surface area contributed by atoms with Crippen LogP contribution in [-0.2, 0) is 22.6 Å². The molecule has 0 bridgehead atoms. The first-order valence-electron chi connectivity index (χ1n) is 11.1. The monoisotopic (exact) mass is 494 g/mol. The predicted molar refractivity (Wildman–Crippen MR) is 122 cm³/mol. The standard InChI is InChI=1S/C23H29F3N6O3/c1-23(2,3)20(21(34)28-7-5-18(27)33)29-22(35)32-17-6-8-31(4)11-13(17)19(30-32)12-9-15(25)16(26)10-14(12)24/h9-10,20H,5-8,11H2,1-4H3,(H2,27,33)(H,28,34)(H,29,35)/t20-/m1/s1. The van der Waals surface area contributed by atoms with E-state index in [1.807, 2.05) is 11.9 Å². The third-order valence-corrected chi connectivity index (χ3v) is 5.77. The third-order valence-electron chi connectivity index (χ3n) is 5.77. The molecule has 0 radical (unpaired) electrons. The molecular weight excluding hydrogens is 465 g/mol. The van der Waals surface area contributed by atoms with E-state index in [9.17, 15) is 27.6 Å². The Labute approximate surface area is 200 Å². The van der Waals surface area contributed by atoms with Crippen LogP contribution in [0.5, 0.6) is 0 Å². The zero-order chi connectivity index (χ0) is 26.1. The van der Waals surface area contributed by atoms with Crippen molar-refractivity contribution < 1.29 is 27.6 Å². The Morgan fingerprint density at radius 1 is 1.14 bits per heavy atom. The van der Waals surface area contributed by atoms with Crippen LogP contribution in [-0.4, -0.2) is 58.7 Å². The average Bonchev–Trinajstić information content (AvgIpc) is 3.11. The summed E-state index contributed by atoms with van der Waals surface area (Å²) in [5.41, 5.74) is 5.15. The Hall–Kier alpha value is -3.41. The van der Waals surface area contributed by atoms with E-state index in [0.29, 0.717) is 42.9 Å². The van der Waals surface area contributed by atoms with Gasteiger partial charge in [-0.3, -0.25) is 9.59 Å². The van der Waals surface area contributed by atoms with Crippen LogP contribution in [0, 0.1) is 22.9 Å². The van der Waals surface area contributed by atoms with Crippen molar-refractivity contribution in [2.75, 3.05) is 20.1 Å². The molecule has 0 aliphatic carbocycles. The SMILES string of the molecule is CN1CCc2c(c(-c3cc(F)c(F)cc3F)nn2C(=O)N[C@H](C(=O)NCCC(N)=O)C(C)(C)C)C1. The summed E-state index contributed by atoms with van der Waals surface area (Å²) in [5, 5.41) is 9.51. The molecule has 0 fully saturated rings. The quantitative estimate of drug-likeness (QED) is 0.530. The highest BCUT2D eigenvalue weighted by molar-refractivity contribution is 5.89. The Morgan fingerprint density at radius 2 is 1.80 bits per heavy atom. The molecule has 1 aliphatic rings. The number of halogens is 3. The van der Waals surface area contributed by atoms with Crippen molar-refractivity contribution in [2.24, 2.45) is 11.1 Å². The van der Waals surface area contributed by atoms with E-state index in [1.165, 1.54) is 0 Å². The summed E-state index contributed by atoms with van der Waals surface area (Å²) >= 11 is 0. The molecule has 0 spiro atoms. The van der Waals surface area contributed by atoms with Gasteiger partial charge in [0.2, 0.25) is 11.8 Å². The lowest BCUT2D eigenvalue weighted by Gasteiger charge is -2.30. The topological polar surface area (TPSA) is 122 Å². The van der Waals surface area contributed by atoms with Crippen LogP contribution >= 0.6 is 0 Å². The predicted octanol–water partition coefficient (Wildman–Crippen LogP) is 1.92. The minimum atomic E-state index is -1.33. The second-order valence-corrected chi connectivity index (χ2v) is 9.68. The molecule has 3 amide bonds. The maximum atomic E-state index is 14.6. The second kappa shape index (κ2) is 10.1. The number of likely N-dealkylation sites (N-methyl/N-ethyl adjacent to an activating group) is 1. The Kier molecular flexibility index (Phi) is 7.53. The van der Waals surface area contributed by atoms with Gasteiger partial charge in [0.15, 0.2) is 11.6 Å². The smallest absolute Gasteiger partial charge is 0.343 e. The molecular formula is C23H29F3N6O3. The first kappa shape index (κ1) is 26.2. The largest absolute Gasteiger partial charge is 0.370 e. The summed E-state index contributed by atoms with van der Waals surface area (Å²) in [6.07, 6.45) is 0.336. The van der Waals surface area contributed by atoms with Crippen LogP contribution in [0.4, 0.5) is 18.0 Å². The average molecular weight is 495 g/mol. The van der Waals surface area contributed by atoms with Crippen molar-refractivity contribution in [3.8, 4) is 11.3 Å². The third kappa shape index (κ3) is 5.81. The summed E-state index contributed by atoms with van der Waals surface area (Å²) in [5.74, 6) is -4.67. The number of carbonyl (C=O) groups is 3. The van der Waals surface area contributed by atoms with Gasteiger partial charge in [-0.05, 0) is 18.5 Å². The van der Waals surface area contributed by atoms with Crippen LogP contribution in [0.3, 0.4) is 0 Å². The van der Waals surface area contributed by atoms with E-state index in [4.69, 9.17) is 5.73 Å². The van der Waals surface area contributed by atoms with Gasteiger partial charge < -0.3 is 21.3 Å². The molecule has 0 saturated carbocycles. The van der Waals surface area contributed by atoms with E-state index >= 15 is 0 Å². The van der Waals surface area contributed by atoms with E-state index < -0.39 is 46.8 Å². The van der Waals surface area contributed by atoms with Crippen LogP contribution in [0.2, 0.25) is 0 Å². The van der Waals surface area contributed by atoms with Crippen LogP contribution < -0.4 is 16.4 Å². The highest BCUT2D eigenvalue weighted by atomic mass is 19.2. The van der Waals surface area contributed by atoms with E-state index in [0.717, 1.165) is 4.68 Å². The molecule has 4 N–H and O–H groups in total. The Balaban J connectivity index is 1.97. The number of carbonyl (C=O) groups excluding carboxylic acids is 3. The summed E-state index contributed by atoms with van der Waals surface area (Å²) in [7, 11) is 1.83. The van der Waals surface area contributed by atoms with Crippen molar-refractivity contribution in [1.29, 1.82) is 0 Å². The molecule has 2 heterocycles. The summed E-state index contributed by atoms with van der Waals surface area (Å²) in [6, 6.07) is -0.578. The van der Waals surface area contributed by atoms with Gasteiger partial charge in [-0.25, -0.2) is 18.0 Å². The van der Waals surface area contributed by atoms with E-state index in [-0.39, 0.29) is 24.2 Å². The van der Waals surface area contributed by atoms with Gasteiger partial charge in [0.25, 0.3) is 0 Å². The molecule has 1 aromatic heterocycles. The highest BCUT2D eigenvalue weighted by Crippen LogP contribution is 2.32. The van der Waals surface area contributed by atoms with Crippen LogP contribution in [0.25, 0.3) is 11.3 Å². The normalized spacial score (nSPS) is 14.8. The zero-order valence-electron chi connectivity index (χ0n) is 20.0. The van der Waals surface area contributed by atoms with Crippen LogP contribution in [0.1, 0.15) is 38.4 Å². The molecule has 0 unspecified atom stereocenters. The molecule has 0 saturated heterocycles. The number of nitrogens with two attached hydrogens (primary N) is 1. The molecule has 2 aromatic rings. The van der Waals surface area contributed by atoms with Gasteiger partial charge in [-0.1, -0.05) is 20.8 Å². The maximum Gasteiger partial charge on any atom is 0.343 e. The Bertz CT molecular complexity index is 1160. The molecule has 3 rings (SSSR count). The fourth-order valence-electron chi connectivity index (χ4n) is 3.91. The first-order chi connectivity index (χ1) is 16.3. The van der Waals surface area contributed by atoms with Gasteiger partial charge in [-0.2, -0.15) is 9.78 Å². The number of rotatable bonds is 6. The minimum Gasteiger partial charge on any atom is -0.370 e. The number of primary amides is 1. The van der Waals surface area contributed by atoms with Crippen molar-refractivity contribution >= 4 is 17.8 Å². The number of amides is 3. The number of nitrogens with zero attached hydrogens (tertiary/aromatic N) is 3. The molecule has 35 heavy (non-hydrogen) atoms. The number of nitrogens with one attached hydrogen (secondary N) is 2. The van der Waals surface area contributed by atoms with Crippen molar-refractivity contribution in [3.05, 3.63) is 40.8 Å². The van der Waals surface area contributed by atoms with Crippen LogP contribution in [0.15, 0.2) is 12.1 Å². The van der Waals surface area contributed by atoms with Gasteiger partial charge >= 0.3 is 6.03 Å². The highest BCUT2D eigenvalue weighted by Gasteiger charge is 2.35. The minimum absolute atomic E-state index is 0.0136. The lowest BCUT2D eigenvalue weighted by Crippen LogP contribution is -2.55.